The van der Waals surface area contributed by atoms with Gasteiger partial charge in [-0.3, -0.25) is 4.79 Å². The Morgan fingerprint density at radius 3 is 2.52 bits per heavy atom. The van der Waals surface area contributed by atoms with E-state index in [0.29, 0.717) is 18.7 Å². The van der Waals surface area contributed by atoms with Gasteiger partial charge in [-0.15, -0.1) is 0 Å². The summed E-state index contributed by atoms with van der Waals surface area (Å²) in [6.45, 7) is 8.10. The van der Waals surface area contributed by atoms with E-state index in [9.17, 15) is 14.7 Å². The number of benzene rings is 1. The first-order chi connectivity index (χ1) is 10.8. The van der Waals surface area contributed by atoms with Gasteiger partial charge in [0.1, 0.15) is 11.3 Å². The third-order valence-electron chi connectivity index (χ3n) is 3.61. The van der Waals surface area contributed by atoms with Crippen LogP contribution in [-0.4, -0.2) is 30.4 Å². The molecule has 0 aromatic heterocycles. The molecule has 6 nitrogen and oxygen atoms in total. The largest absolute Gasteiger partial charge is 0.478 e. The van der Waals surface area contributed by atoms with E-state index in [2.05, 4.69) is 5.32 Å². The zero-order valence-corrected chi connectivity index (χ0v) is 14.1. The Morgan fingerprint density at radius 1 is 1.26 bits per heavy atom. The monoisotopic (exact) mass is 323 g/mol. The highest BCUT2D eigenvalue weighted by Gasteiger charge is 2.25. The number of hydrogen-bond donors (Lipinski definition) is 2. The van der Waals surface area contributed by atoms with Crippen molar-refractivity contribution in [2.75, 3.05) is 18.7 Å². The van der Waals surface area contributed by atoms with Crippen molar-refractivity contribution in [3.05, 3.63) is 23.8 Å². The number of aromatic carboxylic acids is 1. The normalized spacial score (nSPS) is 11.1. The average molecular weight is 323 g/mol. The van der Waals surface area contributed by atoms with Gasteiger partial charge >= 0.3 is 5.97 Å². The fraction of sp³-hybridized carbons (Fsp3) is 0.529. The van der Waals surface area contributed by atoms with E-state index in [0.717, 1.165) is 6.42 Å². The lowest BCUT2D eigenvalue weighted by atomic mass is 9.89. The summed E-state index contributed by atoms with van der Waals surface area (Å²) in [6, 6.07) is 4.53. The number of nitrogens with one attached hydrogen (secondary N) is 1. The van der Waals surface area contributed by atoms with Crippen LogP contribution in [-0.2, 0) is 9.53 Å². The second-order valence-electron chi connectivity index (χ2n) is 5.88. The maximum atomic E-state index is 12.2. The summed E-state index contributed by atoms with van der Waals surface area (Å²) < 4.78 is 10.5. The van der Waals surface area contributed by atoms with E-state index in [-0.39, 0.29) is 24.0 Å². The van der Waals surface area contributed by atoms with Crippen LogP contribution in [0, 0.1) is 5.41 Å². The molecule has 0 aliphatic rings. The number of carboxylic acids is 1. The number of anilines is 1. The van der Waals surface area contributed by atoms with Gasteiger partial charge in [0.25, 0.3) is 0 Å². The molecule has 6 heteroatoms. The van der Waals surface area contributed by atoms with E-state index < -0.39 is 11.4 Å². The molecule has 0 aliphatic heterocycles. The van der Waals surface area contributed by atoms with Gasteiger partial charge in [0, 0.05) is 11.1 Å². The van der Waals surface area contributed by atoms with E-state index in [1.165, 1.54) is 12.1 Å². The predicted molar refractivity (Wildman–Crippen MR) is 87.8 cm³/mol. The van der Waals surface area contributed by atoms with E-state index >= 15 is 0 Å². The highest BCUT2D eigenvalue weighted by molar-refractivity contribution is 5.97. The molecule has 2 N–H and O–H groups in total. The Balaban J connectivity index is 2.87. The van der Waals surface area contributed by atoms with E-state index in [1.54, 1.807) is 6.07 Å². The molecule has 0 saturated carbocycles. The molecule has 0 heterocycles. The zero-order chi connectivity index (χ0) is 17.5. The maximum absolute atomic E-state index is 12.2. The smallest absolute Gasteiger partial charge is 0.339 e. The lowest BCUT2D eigenvalue weighted by Gasteiger charge is -2.21. The summed E-state index contributed by atoms with van der Waals surface area (Å²) in [6.07, 6.45) is 1.54. The highest BCUT2D eigenvalue weighted by Crippen LogP contribution is 2.26. The minimum Gasteiger partial charge on any atom is -0.478 e. The second-order valence-corrected chi connectivity index (χ2v) is 5.88. The van der Waals surface area contributed by atoms with Crippen molar-refractivity contribution in [1.82, 2.24) is 0 Å². The molecule has 0 unspecified atom stereocenters. The summed E-state index contributed by atoms with van der Waals surface area (Å²) in [7, 11) is 0. The van der Waals surface area contributed by atoms with Crippen LogP contribution in [0.5, 0.6) is 5.75 Å². The summed E-state index contributed by atoms with van der Waals surface area (Å²) in [5, 5.41) is 12.0. The Labute approximate surface area is 136 Å². The Bertz CT molecular complexity index is 554. The van der Waals surface area contributed by atoms with Crippen LogP contribution in [0.3, 0.4) is 0 Å². The van der Waals surface area contributed by atoms with Crippen molar-refractivity contribution >= 4 is 17.6 Å². The Kier molecular flexibility index (Phi) is 7.03. The molecule has 1 amide bonds. The minimum absolute atomic E-state index is 0.0112. The number of ether oxygens (including phenoxy) is 2. The molecule has 1 aromatic carbocycles. The average Bonchev–Trinajstić information content (AvgIpc) is 2.52. The number of rotatable bonds is 9. The summed E-state index contributed by atoms with van der Waals surface area (Å²) in [4.78, 5) is 23.5. The van der Waals surface area contributed by atoms with Gasteiger partial charge in [0.05, 0.1) is 6.61 Å². The molecule has 1 rings (SSSR count). The van der Waals surface area contributed by atoms with Crippen LogP contribution in [0.2, 0.25) is 0 Å². The van der Waals surface area contributed by atoms with Gasteiger partial charge in [-0.25, -0.2) is 4.79 Å². The van der Waals surface area contributed by atoms with Gasteiger partial charge in [0.2, 0.25) is 5.91 Å². The lowest BCUT2D eigenvalue weighted by molar-refractivity contribution is -0.124. The van der Waals surface area contributed by atoms with Gasteiger partial charge in [-0.05, 0) is 31.0 Å². The Hall–Kier alpha value is -2.08. The summed E-state index contributed by atoms with van der Waals surface area (Å²) >= 11 is 0. The first-order valence-electron chi connectivity index (χ1n) is 7.71. The molecular weight excluding hydrogens is 298 g/mol. The van der Waals surface area contributed by atoms with Gasteiger partial charge in [-0.2, -0.15) is 0 Å². The lowest BCUT2D eigenvalue weighted by Crippen LogP contribution is -2.30. The predicted octanol–water partition coefficient (Wildman–Crippen LogP) is 3.52. The van der Waals surface area contributed by atoms with Crippen LogP contribution in [0.1, 0.15) is 50.9 Å². The molecule has 0 atom stereocenters. The SMILES string of the molecule is CCCOCOc1ccc(NC(=O)C(C)(C)CC)cc1C(=O)O. The molecular formula is C17H25NO5. The van der Waals surface area contributed by atoms with Crippen LogP contribution in [0.4, 0.5) is 5.69 Å². The molecule has 0 radical (unpaired) electrons. The third kappa shape index (κ3) is 5.56. The third-order valence-corrected chi connectivity index (χ3v) is 3.61. The van der Waals surface area contributed by atoms with E-state index in [1.807, 2.05) is 27.7 Å². The number of carbonyl (C=O) groups is 2. The van der Waals surface area contributed by atoms with Crippen LogP contribution in [0.25, 0.3) is 0 Å². The molecule has 0 saturated heterocycles. The second kappa shape index (κ2) is 8.53. The number of amides is 1. The quantitative estimate of drug-likeness (QED) is 0.536. The van der Waals surface area contributed by atoms with Crippen molar-refractivity contribution in [3.63, 3.8) is 0 Å². The molecule has 0 spiro atoms. The Morgan fingerprint density at radius 2 is 1.96 bits per heavy atom. The standard InChI is InChI=1S/C17H25NO5/c1-5-9-22-11-23-14-8-7-12(10-13(14)15(19)20)18-16(21)17(3,4)6-2/h7-8,10H,5-6,9,11H2,1-4H3,(H,18,21)(H,19,20). The number of carbonyl (C=O) groups excluding carboxylic acids is 1. The maximum Gasteiger partial charge on any atom is 0.339 e. The zero-order valence-electron chi connectivity index (χ0n) is 14.1. The fourth-order valence-corrected chi connectivity index (χ4v) is 1.67. The number of carboxylic acid groups (broad SMARTS) is 1. The fourth-order valence-electron chi connectivity index (χ4n) is 1.67. The van der Waals surface area contributed by atoms with Gasteiger partial charge in [-0.1, -0.05) is 27.7 Å². The van der Waals surface area contributed by atoms with Crippen molar-refractivity contribution < 1.29 is 24.2 Å². The highest BCUT2D eigenvalue weighted by atomic mass is 16.7. The van der Waals surface area contributed by atoms with Gasteiger partial charge in [0.15, 0.2) is 6.79 Å². The molecule has 0 aliphatic carbocycles. The van der Waals surface area contributed by atoms with E-state index in [4.69, 9.17) is 9.47 Å². The first-order valence-corrected chi connectivity index (χ1v) is 7.71. The topological polar surface area (TPSA) is 84.9 Å². The number of hydrogen-bond acceptors (Lipinski definition) is 4. The van der Waals surface area contributed by atoms with Crippen molar-refractivity contribution in [3.8, 4) is 5.75 Å². The van der Waals surface area contributed by atoms with Crippen molar-refractivity contribution in [2.45, 2.75) is 40.5 Å². The molecule has 0 bridgehead atoms. The van der Waals surface area contributed by atoms with Crippen LogP contribution < -0.4 is 10.1 Å². The first kappa shape index (κ1) is 19.0. The summed E-state index contributed by atoms with van der Waals surface area (Å²) in [5.41, 5.74) is -0.111. The minimum atomic E-state index is -1.12. The van der Waals surface area contributed by atoms with Crippen molar-refractivity contribution in [2.24, 2.45) is 5.41 Å². The molecule has 0 fully saturated rings. The summed E-state index contributed by atoms with van der Waals surface area (Å²) in [5.74, 6) is -1.07. The molecule has 23 heavy (non-hydrogen) atoms. The van der Waals surface area contributed by atoms with Gasteiger partial charge < -0.3 is 19.9 Å². The molecule has 1 aromatic rings. The van der Waals surface area contributed by atoms with Crippen molar-refractivity contribution in [1.29, 1.82) is 0 Å². The molecule has 128 valence electrons. The van der Waals surface area contributed by atoms with Crippen LogP contribution >= 0.6 is 0 Å². The van der Waals surface area contributed by atoms with Crippen LogP contribution in [0.15, 0.2) is 18.2 Å².